The van der Waals surface area contributed by atoms with Crippen LogP contribution >= 0.6 is 27.5 Å². The van der Waals surface area contributed by atoms with E-state index in [1.54, 1.807) is 30.3 Å². The van der Waals surface area contributed by atoms with E-state index in [0.29, 0.717) is 21.0 Å². The fourth-order valence-electron chi connectivity index (χ4n) is 1.13. The topological polar surface area (TPSA) is 29.5 Å². The third kappa shape index (κ3) is 2.68. The Labute approximate surface area is 107 Å². The van der Waals surface area contributed by atoms with Crippen LogP contribution in [0.5, 0.6) is 17.2 Å². The van der Waals surface area contributed by atoms with Crippen molar-refractivity contribution >= 4 is 27.5 Å². The van der Waals surface area contributed by atoms with E-state index in [2.05, 4.69) is 22.0 Å². The van der Waals surface area contributed by atoms with E-state index in [-0.39, 0.29) is 5.75 Å². The van der Waals surface area contributed by atoms with Gasteiger partial charge in [0.15, 0.2) is 0 Å². The van der Waals surface area contributed by atoms with Crippen LogP contribution in [0.3, 0.4) is 0 Å². The molecule has 0 aliphatic carbocycles. The fraction of sp³-hybridized carbons (Fsp3) is 0. The number of hydrogen-bond acceptors (Lipinski definition) is 2. The van der Waals surface area contributed by atoms with Gasteiger partial charge in [0.05, 0.1) is 4.47 Å². The van der Waals surface area contributed by atoms with E-state index in [1.165, 1.54) is 6.07 Å². The summed E-state index contributed by atoms with van der Waals surface area (Å²) in [7, 11) is 0. The maximum Gasteiger partial charge on any atom is 0.136 e. The minimum absolute atomic E-state index is 0.128. The maximum atomic E-state index is 9.30. The highest BCUT2D eigenvalue weighted by Gasteiger charge is 2.02. The Bertz CT molecular complexity index is 497. The van der Waals surface area contributed by atoms with Gasteiger partial charge in [0.2, 0.25) is 0 Å². The summed E-state index contributed by atoms with van der Waals surface area (Å²) in [5, 5.41) is 9.95. The number of halogens is 2. The second-order valence-corrected chi connectivity index (χ2v) is 4.31. The van der Waals surface area contributed by atoms with Crippen LogP contribution in [0, 0.1) is 6.07 Å². The molecule has 1 radical (unpaired) electrons. The molecule has 0 spiro atoms. The SMILES string of the molecule is Oc1ccc(Oc2ccc(Cl)cc2)[c]c1Br. The first-order valence-electron chi connectivity index (χ1n) is 4.49. The number of aromatic hydroxyl groups is 1. The van der Waals surface area contributed by atoms with Gasteiger partial charge in [0, 0.05) is 11.1 Å². The van der Waals surface area contributed by atoms with Crippen LogP contribution in [-0.4, -0.2) is 5.11 Å². The van der Waals surface area contributed by atoms with Gasteiger partial charge in [-0.15, -0.1) is 0 Å². The largest absolute Gasteiger partial charge is 0.507 e. The highest BCUT2D eigenvalue weighted by molar-refractivity contribution is 9.10. The Kier molecular flexibility index (Phi) is 3.36. The summed E-state index contributed by atoms with van der Waals surface area (Å²) >= 11 is 8.92. The van der Waals surface area contributed by atoms with Crippen LogP contribution in [-0.2, 0) is 0 Å². The first-order valence-corrected chi connectivity index (χ1v) is 5.66. The summed E-state index contributed by atoms with van der Waals surface area (Å²) in [6.07, 6.45) is 0. The van der Waals surface area contributed by atoms with Crippen LogP contribution < -0.4 is 4.74 Å². The molecule has 0 aliphatic rings. The first-order chi connectivity index (χ1) is 7.65. The standard InChI is InChI=1S/C12H7BrClO2/c13-11-7-10(5-6-12(11)15)16-9-3-1-8(14)2-4-9/h1-6,15H. The lowest BCUT2D eigenvalue weighted by Crippen LogP contribution is -1.84. The molecule has 0 aromatic heterocycles. The highest BCUT2D eigenvalue weighted by atomic mass is 79.9. The second-order valence-electron chi connectivity index (χ2n) is 3.08. The number of rotatable bonds is 2. The number of ether oxygens (including phenoxy) is 1. The molecule has 0 heterocycles. The molecule has 2 aromatic rings. The Morgan fingerprint density at radius 3 is 2.44 bits per heavy atom. The van der Waals surface area contributed by atoms with Crippen molar-refractivity contribution in [2.24, 2.45) is 0 Å². The van der Waals surface area contributed by atoms with Crippen molar-refractivity contribution in [3.63, 3.8) is 0 Å². The molecule has 0 atom stereocenters. The lowest BCUT2D eigenvalue weighted by molar-refractivity contribution is 0.460. The summed E-state index contributed by atoms with van der Waals surface area (Å²) in [5.74, 6) is 1.31. The first kappa shape index (κ1) is 11.3. The van der Waals surface area contributed by atoms with Gasteiger partial charge in [0.1, 0.15) is 17.2 Å². The van der Waals surface area contributed by atoms with E-state index in [4.69, 9.17) is 16.3 Å². The molecule has 0 saturated heterocycles. The lowest BCUT2D eigenvalue weighted by atomic mass is 10.3. The molecular formula is C12H7BrClO2. The van der Waals surface area contributed by atoms with Crippen molar-refractivity contribution in [3.05, 3.63) is 52.0 Å². The number of benzene rings is 2. The second kappa shape index (κ2) is 4.76. The van der Waals surface area contributed by atoms with E-state index >= 15 is 0 Å². The van der Waals surface area contributed by atoms with Crippen molar-refractivity contribution < 1.29 is 9.84 Å². The van der Waals surface area contributed by atoms with Gasteiger partial charge >= 0.3 is 0 Å². The fourth-order valence-corrected chi connectivity index (χ4v) is 1.58. The molecule has 2 rings (SSSR count). The zero-order valence-electron chi connectivity index (χ0n) is 8.08. The molecule has 0 aliphatic heterocycles. The van der Waals surface area contributed by atoms with Crippen molar-refractivity contribution in [1.29, 1.82) is 0 Å². The minimum Gasteiger partial charge on any atom is -0.507 e. The molecule has 1 N–H and O–H groups in total. The van der Waals surface area contributed by atoms with Crippen LogP contribution in [0.1, 0.15) is 0 Å². The van der Waals surface area contributed by atoms with E-state index in [0.717, 1.165) is 0 Å². The van der Waals surface area contributed by atoms with Gasteiger partial charge in [-0.3, -0.25) is 0 Å². The van der Waals surface area contributed by atoms with E-state index < -0.39 is 0 Å². The third-order valence-electron chi connectivity index (χ3n) is 1.89. The summed E-state index contributed by atoms with van der Waals surface area (Å²) in [6.45, 7) is 0. The average Bonchev–Trinajstić information content (AvgIpc) is 2.27. The van der Waals surface area contributed by atoms with Gasteiger partial charge < -0.3 is 9.84 Å². The van der Waals surface area contributed by atoms with Gasteiger partial charge in [-0.1, -0.05) is 11.6 Å². The maximum absolute atomic E-state index is 9.30. The molecule has 0 bridgehead atoms. The lowest BCUT2D eigenvalue weighted by Gasteiger charge is -2.06. The molecular weight excluding hydrogens is 291 g/mol. The Morgan fingerprint density at radius 1 is 1.12 bits per heavy atom. The van der Waals surface area contributed by atoms with Gasteiger partial charge in [-0.05, 0) is 52.3 Å². The zero-order chi connectivity index (χ0) is 11.5. The summed E-state index contributed by atoms with van der Waals surface area (Å²) in [5.41, 5.74) is 0. The molecule has 0 amide bonds. The smallest absolute Gasteiger partial charge is 0.136 e. The summed E-state index contributed by atoms with van der Waals surface area (Å²) in [6, 6.07) is 13.0. The normalized spacial score (nSPS) is 10.1. The van der Waals surface area contributed by atoms with Gasteiger partial charge in [0.25, 0.3) is 0 Å². The van der Waals surface area contributed by atoms with Gasteiger partial charge in [-0.2, -0.15) is 0 Å². The summed E-state index contributed by atoms with van der Waals surface area (Å²) < 4.78 is 5.99. The quantitative estimate of drug-likeness (QED) is 0.890. The predicted octanol–water partition coefficient (Wildman–Crippen LogP) is 4.40. The zero-order valence-corrected chi connectivity index (χ0v) is 10.4. The molecule has 4 heteroatoms. The average molecular weight is 299 g/mol. The van der Waals surface area contributed by atoms with E-state index in [9.17, 15) is 5.11 Å². The van der Waals surface area contributed by atoms with Crippen molar-refractivity contribution in [1.82, 2.24) is 0 Å². The molecule has 0 fully saturated rings. The number of phenols is 1. The Balaban J connectivity index is 2.20. The predicted molar refractivity (Wildman–Crippen MR) is 66.2 cm³/mol. The van der Waals surface area contributed by atoms with Crippen molar-refractivity contribution in [2.45, 2.75) is 0 Å². The molecule has 2 aromatic carbocycles. The van der Waals surface area contributed by atoms with Gasteiger partial charge in [-0.25, -0.2) is 0 Å². The number of hydrogen-bond donors (Lipinski definition) is 1. The Hall–Kier alpha value is -1.19. The molecule has 16 heavy (non-hydrogen) atoms. The number of phenolic OH excluding ortho intramolecular Hbond substituents is 1. The summed E-state index contributed by atoms with van der Waals surface area (Å²) in [4.78, 5) is 0. The Morgan fingerprint density at radius 2 is 1.81 bits per heavy atom. The molecule has 0 saturated carbocycles. The van der Waals surface area contributed by atoms with Crippen LogP contribution in [0.2, 0.25) is 5.02 Å². The molecule has 2 nitrogen and oxygen atoms in total. The van der Waals surface area contributed by atoms with E-state index in [1.807, 2.05) is 0 Å². The van der Waals surface area contributed by atoms with Crippen LogP contribution in [0.4, 0.5) is 0 Å². The van der Waals surface area contributed by atoms with Crippen LogP contribution in [0.25, 0.3) is 0 Å². The molecule has 0 unspecified atom stereocenters. The minimum atomic E-state index is 0.128. The van der Waals surface area contributed by atoms with Crippen molar-refractivity contribution in [2.75, 3.05) is 0 Å². The third-order valence-corrected chi connectivity index (χ3v) is 2.75. The van der Waals surface area contributed by atoms with Crippen LogP contribution in [0.15, 0.2) is 40.9 Å². The molecule has 81 valence electrons. The van der Waals surface area contributed by atoms with Crippen molar-refractivity contribution in [3.8, 4) is 17.2 Å². The highest BCUT2D eigenvalue weighted by Crippen LogP contribution is 2.30. The monoisotopic (exact) mass is 297 g/mol.